The highest BCUT2D eigenvalue weighted by atomic mass is 16.6. The number of carbonyl (C=O) groups excluding carboxylic acids is 2. The molecule has 0 aromatic heterocycles. The van der Waals surface area contributed by atoms with Crippen molar-refractivity contribution < 1.29 is 19.1 Å². The summed E-state index contributed by atoms with van der Waals surface area (Å²) in [6.07, 6.45) is 2.69. The molecule has 120 valence electrons. The van der Waals surface area contributed by atoms with Crippen molar-refractivity contribution in [1.82, 2.24) is 0 Å². The molecule has 5 atom stereocenters. The molecule has 0 bridgehead atoms. The molecule has 0 spiro atoms. The monoisotopic (exact) mass is 305 g/mol. The Labute approximate surface area is 131 Å². The Hall–Kier alpha value is -1.83. The van der Waals surface area contributed by atoms with Gasteiger partial charge in [-0.1, -0.05) is 13.5 Å². The summed E-state index contributed by atoms with van der Waals surface area (Å²) in [5.74, 6) is -1.11. The fourth-order valence-corrected chi connectivity index (χ4v) is 3.42. The predicted octanol–water partition coefficient (Wildman–Crippen LogP) is 2.76. The molecule has 0 N–H and O–H groups in total. The predicted molar refractivity (Wildman–Crippen MR) is 79.4 cm³/mol. The van der Waals surface area contributed by atoms with E-state index < -0.39 is 17.5 Å². The topological polar surface area (TPSA) is 76.4 Å². The third kappa shape index (κ3) is 3.16. The third-order valence-electron chi connectivity index (χ3n) is 4.98. The largest absolute Gasteiger partial charge is 0.459 e. The van der Waals surface area contributed by atoms with Gasteiger partial charge in [-0.25, -0.2) is 4.79 Å². The van der Waals surface area contributed by atoms with Crippen LogP contribution in [-0.4, -0.2) is 23.6 Å². The van der Waals surface area contributed by atoms with E-state index in [1.165, 1.54) is 0 Å². The third-order valence-corrected chi connectivity index (χ3v) is 4.98. The fourth-order valence-electron chi connectivity index (χ4n) is 3.42. The van der Waals surface area contributed by atoms with Gasteiger partial charge in [0, 0.05) is 17.9 Å². The molecule has 2 aliphatic rings. The number of nitriles is 1. The van der Waals surface area contributed by atoms with Crippen LogP contribution in [0, 0.1) is 29.1 Å². The van der Waals surface area contributed by atoms with Crippen LogP contribution in [0.5, 0.6) is 0 Å². The van der Waals surface area contributed by atoms with E-state index in [2.05, 4.69) is 13.5 Å². The average Bonchev–Trinajstić information content (AvgIpc) is 2.76. The van der Waals surface area contributed by atoms with Gasteiger partial charge >= 0.3 is 11.9 Å². The quantitative estimate of drug-likeness (QED) is 0.592. The van der Waals surface area contributed by atoms with Gasteiger partial charge in [0.1, 0.15) is 17.6 Å². The SMILES string of the molecule is C=C(C)C(=O)OC1CC(C2(C)CC(C#N)C(=O)O2)CCC1C. The number of hydrogen-bond acceptors (Lipinski definition) is 5. The summed E-state index contributed by atoms with van der Waals surface area (Å²) in [4.78, 5) is 23.5. The van der Waals surface area contributed by atoms with E-state index in [-0.39, 0.29) is 23.9 Å². The van der Waals surface area contributed by atoms with Crippen molar-refractivity contribution in [1.29, 1.82) is 5.26 Å². The van der Waals surface area contributed by atoms with Crippen LogP contribution in [-0.2, 0) is 19.1 Å². The van der Waals surface area contributed by atoms with Crippen molar-refractivity contribution in [3.63, 3.8) is 0 Å². The van der Waals surface area contributed by atoms with Crippen LogP contribution in [0.4, 0.5) is 0 Å². The molecule has 1 saturated heterocycles. The maximum Gasteiger partial charge on any atom is 0.333 e. The van der Waals surface area contributed by atoms with Crippen molar-refractivity contribution in [3.8, 4) is 6.07 Å². The minimum atomic E-state index is -0.680. The number of carbonyl (C=O) groups is 2. The summed E-state index contributed by atoms with van der Waals surface area (Å²) in [5.41, 5.74) is -0.247. The Morgan fingerprint density at radius 2 is 2.18 bits per heavy atom. The van der Waals surface area contributed by atoms with Crippen molar-refractivity contribution in [2.75, 3.05) is 0 Å². The Balaban J connectivity index is 2.07. The second kappa shape index (κ2) is 6.12. The molecule has 0 aromatic rings. The zero-order chi connectivity index (χ0) is 16.5. The minimum absolute atomic E-state index is 0.105. The van der Waals surface area contributed by atoms with Crippen LogP contribution >= 0.6 is 0 Å². The summed E-state index contributed by atoms with van der Waals surface area (Å²) < 4.78 is 11.0. The first-order valence-corrected chi connectivity index (χ1v) is 7.75. The summed E-state index contributed by atoms with van der Waals surface area (Å²) in [7, 11) is 0. The second-order valence-corrected chi connectivity index (χ2v) is 6.83. The molecule has 1 heterocycles. The Kier molecular flexibility index (Phi) is 4.60. The van der Waals surface area contributed by atoms with Gasteiger partial charge in [-0.3, -0.25) is 4.79 Å². The van der Waals surface area contributed by atoms with Gasteiger partial charge in [-0.15, -0.1) is 0 Å². The summed E-state index contributed by atoms with van der Waals surface area (Å²) in [6.45, 7) is 9.19. The lowest BCUT2D eigenvalue weighted by atomic mass is 9.71. The van der Waals surface area contributed by atoms with Crippen LogP contribution in [0.15, 0.2) is 12.2 Å². The van der Waals surface area contributed by atoms with Crippen LogP contribution in [0.2, 0.25) is 0 Å². The molecule has 0 radical (unpaired) electrons. The Morgan fingerprint density at radius 1 is 1.50 bits per heavy atom. The first kappa shape index (κ1) is 16.5. The van der Waals surface area contributed by atoms with Crippen molar-refractivity contribution in [3.05, 3.63) is 12.2 Å². The standard InChI is InChI=1S/C17H23NO4/c1-10(2)15(19)21-14-7-13(6-5-11(14)3)17(4)8-12(9-18)16(20)22-17/h11-14H,1,5-8H2,2-4H3. The van der Waals surface area contributed by atoms with Gasteiger partial charge in [0.15, 0.2) is 0 Å². The highest BCUT2D eigenvalue weighted by molar-refractivity contribution is 5.87. The van der Waals surface area contributed by atoms with Gasteiger partial charge in [-0.2, -0.15) is 5.26 Å². The molecule has 0 aromatic carbocycles. The van der Waals surface area contributed by atoms with E-state index >= 15 is 0 Å². The van der Waals surface area contributed by atoms with E-state index in [0.29, 0.717) is 18.4 Å². The lowest BCUT2D eigenvalue weighted by Gasteiger charge is -2.40. The lowest BCUT2D eigenvalue weighted by Crippen LogP contribution is -2.42. The summed E-state index contributed by atoms with van der Waals surface area (Å²) >= 11 is 0. The van der Waals surface area contributed by atoms with Crippen molar-refractivity contribution in [2.24, 2.45) is 17.8 Å². The Bertz CT molecular complexity index is 535. The summed E-state index contributed by atoms with van der Waals surface area (Å²) in [6, 6.07) is 2.00. The maximum absolute atomic E-state index is 11.8. The number of nitrogens with zero attached hydrogens (tertiary/aromatic N) is 1. The highest BCUT2D eigenvalue weighted by Gasteiger charge is 2.50. The van der Waals surface area contributed by atoms with Crippen LogP contribution in [0.25, 0.3) is 0 Å². The van der Waals surface area contributed by atoms with Crippen molar-refractivity contribution >= 4 is 11.9 Å². The molecule has 1 saturated carbocycles. The molecule has 5 unspecified atom stereocenters. The molecule has 5 nitrogen and oxygen atoms in total. The lowest BCUT2D eigenvalue weighted by molar-refractivity contribution is -0.161. The number of esters is 2. The number of ether oxygens (including phenoxy) is 2. The van der Waals surface area contributed by atoms with Gasteiger partial charge in [0.05, 0.1) is 6.07 Å². The first-order chi connectivity index (χ1) is 10.3. The molecule has 1 aliphatic heterocycles. The molecule has 0 amide bonds. The first-order valence-electron chi connectivity index (χ1n) is 7.75. The number of hydrogen-bond donors (Lipinski definition) is 0. The zero-order valence-corrected chi connectivity index (χ0v) is 13.4. The van der Waals surface area contributed by atoms with Crippen LogP contribution in [0.1, 0.15) is 46.5 Å². The van der Waals surface area contributed by atoms with Gasteiger partial charge in [0.25, 0.3) is 0 Å². The van der Waals surface area contributed by atoms with Crippen LogP contribution in [0.3, 0.4) is 0 Å². The van der Waals surface area contributed by atoms with E-state index in [1.54, 1.807) is 6.92 Å². The molecule has 1 aliphatic carbocycles. The number of cyclic esters (lactones) is 1. The molecular weight excluding hydrogens is 282 g/mol. The van der Waals surface area contributed by atoms with Crippen LogP contribution < -0.4 is 0 Å². The maximum atomic E-state index is 11.8. The zero-order valence-electron chi connectivity index (χ0n) is 13.4. The molecule has 5 heteroatoms. The van der Waals surface area contributed by atoms with E-state index in [9.17, 15) is 9.59 Å². The highest BCUT2D eigenvalue weighted by Crippen LogP contribution is 2.45. The van der Waals surface area contributed by atoms with E-state index in [0.717, 1.165) is 12.8 Å². The van der Waals surface area contributed by atoms with E-state index in [1.807, 2.05) is 13.0 Å². The van der Waals surface area contributed by atoms with Crippen molar-refractivity contribution in [2.45, 2.75) is 58.2 Å². The molecular formula is C17H23NO4. The van der Waals surface area contributed by atoms with Gasteiger partial charge in [-0.05, 0) is 39.0 Å². The van der Waals surface area contributed by atoms with Gasteiger partial charge < -0.3 is 9.47 Å². The summed E-state index contributed by atoms with van der Waals surface area (Å²) in [5, 5.41) is 9.01. The second-order valence-electron chi connectivity index (χ2n) is 6.83. The smallest absolute Gasteiger partial charge is 0.333 e. The molecule has 2 fully saturated rings. The molecule has 2 rings (SSSR count). The molecule has 22 heavy (non-hydrogen) atoms. The normalized spacial score (nSPS) is 38.0. The Morgan fingerprint density at radius 3 is 2.73 bits per heavy atom. The fraction of sp³-hybridized carbons (Fsp3) is 0.706. The van der Waals surface area contributed by atoms with E-state index in [4.69, 9.17) is 14.7 Å². The number of rotatable bonds is 3. The minimum Gasteiger partial charge on any atom is -0.459 e. The average molecular weight is 305 g/mol. The van der Waals surface area contributed by atoms with Gasteiger partial charge in [0.2, 0.25) is 0 Å².